The molecular formula is C24H20FN3O. The van der Waals surface area contributed by atoms with Gasteiger partial charge in [-0.2, -0.15) is 0 Å². The largest absolute Gasteiger partial charge is 0.363 e. The van der Waals surface area contributed by atoms with Crippen molar-refractivity contribution in [2.45, 2.75) is 25.9 Å². The van der Waals surface area contributed by atoms with Crippen molar-refractivity contribution in [3.8, 4) is 5.69 Å². The standard InChI is InChI=1S/C24H20FN3O/c1-16-14-21-22(27(16)15-17-6-3-2-4-7-17)20-8-5-13-26-23(20)28(24(21)29)19-11-9-18(25)10-12-19/h2-13,16H,14-15H2,1H3. The van der Waals surface area contributed by atoms with Gasteiger partial charge in [-0.05, 0) is 48.9 Å². The van der Waals surface area contributed by atoms with Crippen molar-refractivity contribution in [1.29, 1.82) is 0 Å². The molecule has 3 heterocycles. The monoisotopic (exact) mass is 385 g/mol. The first kappa shape index (κ1) is 17.6. The lowest BCUT2D eigenvalue weighted by Gasteiger charge is -2.26. The smallest absolute Gasteiger partial charge is 0.262 e. The second-order valence-electron chi connectivity index (χ2n) is 7.49. The van der Waals surface area contributed by atoms with Crippen LogP contribution in [0, 0.1) is 5.82 Å². The topological polar surface area (TPSA) is 38.1 Å². The Kier molecular flexibility index (Phi) is 4.16. The number of aromatic nitrogens is 2. The predicted octanol–water partition coefficient (Wildman–Crippen LogP) is 4.48. The van der Waals surface area contributed by atoms with E-state index in [9.17, 15) is 9.18 Å². The molecule has 0 bridgehead atoms. The van der Waals surface area contributed by atoms with Gasteiger partial charge in [0.2, 0.25) is 0 Å². The maximum absolute atomic E-state index is 13.5. The number of rotatable bonds is 3. The van der Waals surface area contributed by atoms with Gasteiger partial charge in [0, 0.05) is 36.2 Å². The summed E-state index contributed by atoms with van der Waals surface area (Å²) in [6.07, 6.45) is 2.36. The van der Waals surface area contributed by atoms with Crippen molar-refractivity contribution < 1.29 is 4.39 Å². The minimum absolute atomic E-state index is 0.0831. The van der Waals surface area contributed by atoms with Crippen LogP contribution in [0.2, 0.25) is 0 Å². The molecule has 5 heteroatoms. The fourth-order valence-electron chi connectivity index (χ4n) is 4.24. The van der Waals surface area contributed by atoms with E-state index >= 15 is 0 Å². The van der Waals surface area contributed by atoms with E-state index in [0.717, 1.165) is 23.2 Å². The predicted molar refractivity (Wildman–Crippen MR) is 113 cm³/mol. The molecule has 1 aliphatic rings. The highest BCUT2D eigenvalue weighted by Crippen LogP contribution is 2.37. The molecule has 0 fully saturated rings. The zero-order chi connectivity index (χ0) is 20.0. The maximum atomic E-state index is 13.5. The molecule has 0 radical (unpaired) electrons. The molecule has 2 aromatic carbocycles. The Morgan fingerprint density at radius 1 is 1.03 bits per heavy atom. The lowest BCUT2D eigenvalue weighted by atomic mass is 10.1. The average molecular weight is 385 g/mol. The molecule has 4 nitrogen and oxygen atoms in total. The highest BCUT2D eigenvalue weighted by molar-refractivity contribution is 5.93. The van der Waals surface area contributed by atoms with Crippen LogP contribution in [0.4, 0.5) is 10.1 Å². The van der Waals surface area contributed by atoms with Gasteiger partial charge < -0.3 is 4.90 Å². The highest BCUT2D eigenvalue weighted by Gasteiger charge is 2.32. The third-order valence-electron chi connectivity index (χ3n) is 5.60. The molecule has 1 unspecified atom stereocenters. The number of hydrogen-bond acceptors (Lipinski definition) is 3. The summed E-state index contributed by atoms with van der Waals surface area (Å²) < 4.78 is 15.0. The second kappa shape index (κ2) is 6.85. The summed E-state index contributed by atoms with van der Waals surface area (Å²) in [6.45, 7) is 2.88. The summed E-state index contributed by atoms with van der Waals surface area (Å²) in [4.78, 5) is 20.3. The van der Waals surface area contributed by atoms with Crippen LogP contribution in [0.3, 0.4) is 0 Å². The van der Waals surface area contributed by atoms with Gasteiger partial charge in [0.25, 0.3) is 5.56 Å². The summed E-state index contributed by atoms with van der Waals surface area (Å²) in [5, 5.41) is 0.937. The van der Waals surface area contributed by atoms with E-state index in [1.807, 2.05) is 30.3 Å². The maximum Gasteiger partial charge on any atom is 0.262 e. The van der Waals surface area contributed by atoms with Crippen molar-refractivity contribution in [2.24, 2.45) is 0 Å². The molecule has 2 aromatic heterocycles. The molecule has 0 saturated heterocycles. The van der Waals surface area contributed by atoms with Gasteiger partial charge >= 0.3 is 0 Å². The van der Waals surface area contributed by atoms with Crippen LogP contribution >= 0.6 is 0 Å². The molecule has 0 amide bonds. The zero-order valence-electron chi connectivity index (χ0n) is 16.0. The molecule has 0 saturated carbocycles. The quantitative estimate of drug-likeness (QED) is 0.522. The van der Waals surface area contributed by atoms with E-state index in [4.69, 9.17) is 0 Å². The molecule has 1 atom stereocenters. The lowest BCUT2D eigenvalue weighted by molar-refractivity contribution is 0.627. The number of pyridine rings is 2. The summed E-state index contributed by atoms with van der Waals surface area (Å²) in [7, 11) is 0. The van der Waals surface area contributed by atoms with Crippen LogP contribution in [0.15, 0.2) is 77.7 Å². The van der Waals surface area contributed by atoms with Crippen LogP contribution < -0.4 is 10.5 Å². The van der Waals surface area contributed by atoms with Gasteiger partial charge in [0.05, 0.1) is 11.4 Å². The van der Waals surface area contributed by atoms with Crippen LogP contribution in [0.1, 0.15) is 18.1 Å². The Labute approximate surface area is 167 Å². The van der Waals surface area contributed by atoms with Crippen molar-refractivity contribution in [2.75, 3.05) is 4.90 Å². The average Bonchev–Trinajstić information content (AvgIpc) is 3.07. The molecule has 5 rings (SSSR count). The first-order valence-electron chi connectivity index (χ1n) is 9.72. The molecule has 144 valence electrons. The summed E-state index contributed by atoms with van der Waals surface area (Å²) in [5.41, 5.74) is 4.09. The van der Waals surface area contributed by atoms with E-state index in [1.54, 1.807) is 22.9 Å². The number of benzene rings is 2. The number of nitrogens with zero attached hydrogens (tertiary/aromatic N) is 3. The number of fused-ring (bicyclic) bond motifs is 3. The van der Waals surface area contributed by atoms with Crippen molar-refractivity contribution in [3.63, 3.8) is 0 Å². The SMILES string of the molecule is CC1Cc2c(c3cccnc3n(-c3ccc(F)cc3)c2=O)N1Cc1ccccc1. The van der Waals surface area contributed by atoms with Crippen LogP contribution in [0.25, 0.3) is 16.7 Å². The Morgan fingerprint density at radius 2 is 1.79 bits per heavy atom. The van der Waals surface area contributed by atoms with Gasteiger partial charge in [-0.25, -0.2) is 9.37 Å². The highest BCUT2D eigenvalue weighted by atomic mass is 19.1. The molecule has 4 aromatic rings. The first-order valence-corrected chi connectivity index (χ1v) is 9.72. The molecule has 0 N–H and O–H groups in total. The van der Waals surface area contributed by atoms with E-state index in [-0.39, 0.29) is 17.4 Å². The Morgan fingerprint density at radius 3 is 2.55 bits per heavy atom. The second-order valence-corrected chi connectivity index (χ2v) is 7.49. The van der Waals surface area contributed by atoms with Gasteiger partial charge in [-0.15, -0.1) is 0 Å². The molecular weight excluding hydrogens is 365 g/mol. The lowest BCUT2D eigenvalue weighted by Crippen LogP contribution is -2.28. The third-order valence-corrected chi connectivity index (χ3v) is 5.60. The Balaban J connectivity index is 1.74. The van der Waals surface area contributed by atoms with E-state index < -0.39 is 0 Å². The summed E-state index contributed by atoms with van der Waals surface area (Å²) in [6, 6.07) is 20.4. The molecule has 0 spiro atoms. The minimum atomic E-state index is -0.331. The minimum Gasteiger partial charge on any atom is -0.363 e. The van der Waals surface area contributed by atoms with Gasteiger partial charge in [-0.3, -0.25) is 9.36 Å². The van der Waals surface area contributed by atoms with E-state index in [0.29, 0.717) is 17.8 Å². The van der Waals surface area contributed by atoms with E-state index in [1.165, 1.54) is 17.7 Å². The first-order chi connectivity index (χ1) is 14.1. The normalized spacial score (nSPS) is 15.7. The van der Waals surface area contributed by atoms with Gasteiger partial charge in [0.1, 0.15) is 11.5 Å². The fraction of sp³-hybridized carbons (Fsp3) is 0.167. The summed E-state index contributed by atoms with van der Waals surface area (Å²) >= 11 is 0. The fourth-order valence-corrected chi connectivity index (χ4v) is 4.24. The van der Waals surface area contributed by atoms with Gasteiger partial charge in [0.15, 0.2) is 0 Å². The van der Waals surface area contributed by atoms with Gasteiger partial charge in [-0.1, -0.05) is 30.3 Å². The van der Waals surface area contributed by atoms with E-state index in [2.05, 4.69) is 28.9 Å². The zero-order valence-corrected chi connectivity index (χ0v) is 16.0. The molecule has 29 heavy (non-hydrogen) atoms. The van der Waals surface area contributed by atoms with Crippen molar-refractivity contribution in [1.82, 2.24) is 9.55 Å². The Bertz CT molecular complexity index is 1250. The third kappa shape index (κ3) is 2.90. The number of halogens is 1. The number of hydrogen-bond donors (Lipinski definition) is 0. The Hall–Kier alpha value is -3.47. The van der Waals surface area contributed by atoms with Crippen LogP contribution in [0.5, 0.6) is 0 Å². The van der Waals surface area contributed by atoms with Crippen molar-refractivity contribution in [3.05, 3.63) is 100 Å². The molecule has 0 aliphatic carbocycles. The number of anilines is 1. The van der Waals surface area contributed by atoms with Crippen LogP contribution in [-0.4, -0.2) is 15.6 Å². The summed E-state index contributed by atoms with van der Waals surface area (Å²) in [5.74, 6) is -0.331. The molecule has 1 aliphatic heterocycles. The van der Waals surface area contributed by atoms with Crippen LogP contribution in [-0.2, 0) is 13.0 Å². The van der Waals surface area contributed by atoms with Crippen molar-refractivity contribution >= 4 is 16.7 Å².